The van der Waals surface area contributed by atoms with Crippen molar-refractivity contribution in [3.05, 3.63) is 0 Å². The fourth-order valence-electron chi connectivity index (χ4n) is 1.70. The van der Waals surface area contributed by atoms with E-state index in [1.807, 2.05) is 7.05 Å². The number of nitrogens with one attached hydrogen (secondary N) is 2. The fourth-order valence-corrected chi connectivity index (χ4v) is 1.70. The molecular formula is C9H21N3O. The average molecular weight is 187 g/mol. The van der Waals surface area contributed by atoms with Gasteiger partial charge in [-0.3, -0.25) is 15.8 Å². The maximum absolute atomic E-state index is 5.30. The van der Waals surface area contributed by atoms with Gasteiger partial charge >= 0.3 is 0 Å². The predicted octanol–water partition coefficient (Wildman–Crippen LogP) is -0.179. The molecule has 0 radical (unpaired) electrons. The summed E-state index contributed by atoms with van der Waals surface area (Å²) in [5.41, 5.74) is 6.34. The molecule has 0 saturated carbocycles. The highest BCUT2D eigenvalue weighted by molar-refractivity contribution is 4.80. The molecule has 0 unspecified atom stereocenters. The number of ether oxygens (including phenoxy) is 1. The van der Waals surface area contributed by atoms with Crippen molar-refractivity contribution in [1.82, 2.24) is 15.8 Å². The number of rotatable bonds is 4. The molecule has 1 rings (SSSR count). The van der Waals surface area contributed by atoms with Gasteiger partial charge in [0.15, 0.2) is 0 Å². The van der Waals surface area contributed by atoms with Gasteiger partial charge in [-0.1, -0.05) is 0 Å². The van der Waals surface area contributed by atoms with E-state index in [-0.39, 0.29) is 5.54 Å². The van der Waals surface area contributed by atoms with Crippen molar-refractivity contribution in [2.75, 3.05) is 39.9 Å². The van der Waals surface area contributed by atoms with Crippen molar-refractivity contribution in [3.63, 3.8) is 0 Å². The first-order valence-corrected chi connectivity index (χ1v) is 4.88. The Labute approximate surface area is 80.6 Å². The zero-order valence-electron chi connectivity index (χ0n) is 8.89. The van der Waals surface area contributed by atoms with Gasteiger partial charge in [-0.2, -0.15) is 0 Å². The largest absolute Gasteiger partial charge is 0.379 e. The number of hydrazine groups is 1. The van der Waals surface area contributed by atoms with Crippen LogP contribution < -0.4 is 10.9 Å². The number of hydrogen-bond acceptors (Lipinski definition) is 4. The van der Waals surface area contributed by atoms with Gasteiger partial charge in [0.05, 0.1) is 13.2 Å². The lowest BCUT2D eigenvalue weighted by molar-refractivity contribution is 0.0259. The van der Waals surface area contributed by atoms with Gasteiger partial charge in [0, 0.05) is 25.2 Å². The summed E-state index contributed by atoms with van der Waals surface area (Å²) in [5.74, 6) is 0. The van der Waals surface area contributed by atoms with Gasteiger partial charge in [0.2, 0.25) is 0 Å². The number of nitrogens with zero attached hydrogens (tertiary/aromatic N) is 1. The summed E-state index contributed by atoms with van der Waals surface area (Å²) in [6, 6.07) is 0. The molecule has 1 aliphatic rings. The molecule has 0 aliphatic carbocycles. The van der Waals surface area contributed by atoms with Crippen LogP contribution in [0.4, 0.5) is 0 Å². The highest BCUT2D eigenvalue weighted by Crippen LogP contribution is 2.06. The smallest absolute Gasteiger partial charge is 0.0594 e. The normalized spacial score (nSPS) is 20.5. The highest BCUT2D eigenvalue weighted by atomic mass is 16.5. The lowest BCUT2D eigenvalue weighted by Gasteiger charge is -2.35. The molecule has 4 heteroatoms. The quantitative estimate of drug-likeness (QED) is 0.599. The molecule has 2 N–H and O–H groups in total. The molecule has 78 valence electrons. The zero-order chi connectivity index (χ0) is 9.73. The zero-order valence-corrected chi connectivity index (χ0v) is 8.89. The van der Waals surface area contributed by atoms with Crippen LogP contribution in [0.25, 0.3) is 0 Å². The second-order valence-electron chi connectivity index (χ2n) is 4.15. The second-order valence-corrected chi connectivity index (χ2v) is 4.15. The fraction of sp³-hybridized carbons (Fsp3) is 1.00. The first kappa shape index (κ1) is 10.9. The molecule has 0 atom stereocenters. The van der Waals surface area contributed by atoms with Gasteiger partial charge in [-0.05, 0) is 20.9 Å². The van der Waals surface area contributed by atoms with Crippen molar-refractivity contribution in [2.45, 2.75) is 19.4 Å². The summed E-state index contributed by atoms with van der Waals surface area (Å²) >= 11 is 0. The molecular weight excluding hydrogens is 166 g/mol. The summed E-state index contributed by atoms with van der Waals surface area (Å²) in [6.45, 7) is 9.28. The van der Waals surface area contributed by atoms with Crippen LogP contribution in [0.1, 0.15) is 13.8 Å². The number of hydrogen-bond donors (Lipinski definition) is 2. The monoisotopic (exact) mass is 187 g/mol. The molecule has 1 fully saturated rings. The van der Waals surface area contributed by atoms with Gasteiger partial charge in [0.1, 0.15) is 0 Å². The Bertz CT molecular complexity index is 144. The van der Waals surface area contributed by atoms with E-state index < -0.39 is 0 Å². The maximum Gasteiger partial charge on any atom is 0.0594 e. The molecule has 0 amide bonds. The molecule has 1 heterocycles. The Morgan fingerprint density at radius 2 is 1.92 bits per heavy atom. The van der Waals surface area contributed by atoms with Crippen molar-refractivity contribution in [2.24, 2.45) is 0 Å². The molecule has 1 saturated heterocycles. The summed E-state index contributed by atoms with van der Waals surface area (Å²) in [7, 11) is 1.90. The van der Waals surface area contributed by atoms with Crippen LogP contribution in [0.15, 0.2) is 0 Å². The third-order valence-corrected chi connectivity index (χ3v) is 2.19. The van der Waals surface area contributed by atoms with E-state index in [9.17, 15) is 0 Å². The molecule has 1 aliphatic heterocycles. The lowest BCUT2D eigenvalue weighted by atomic mass is 10.1. The second kappa shape index (κ2) is 4.91. The summed E-state index contributed by atoms with van der Waals surface area (Å²) in [6.07, 6.45) is 0. The minimum atomic E-state index is 0.117. The third kappa shape index (κ3) is 4.04. The maximum atomic E-state index is 5.30. The van der Waals surface area contributed by atoms with E-state index in [1.165, 1.54) is 0 Å². The van der Waals surface area contributed by atoms with E-state index in [4.69, 9.17) is 4.74 Å². The van der Waals surface area contributed by atoms with Gasteiger partial charge in [0.25, 0.3) is 0 Å². The van der Waals surface area contributed by atoms with Crippen LogP contribution in [0.5, 0.6) is 0 Å². The van der Waals surface area contributed by atoms with Gasteiger partial charge in [-0.15, -0.1) is 0 Å². The van der Waals surface area contributed by atoms with Crippen LogP contribution in [0, 0.1) is 0 Å². The van der Waals surface area contributed by atoms with Crippen LogP contribution in [-0.2, 0) is 4.74 Å². The molecule has 0 aromatic carbocycles. The van der Waals surface area contributed by atoms with Crippen molar-refractivity contribution < 1.29 is 4.74 Å². The van der Waals surface area contributed by atoms with E-state index in [1.54, 1.807) is 0 Å². The predicted molar refractivity (Wildman–Crippen MR) is 53.5 cm³/mol. The van der Waals surface area contributed by atoms with Crippen molar-refractivity contribution in [3.8, 4) is 0 Å². The third-order valence-electron chi connectivity index (χ3n) is 2.19. The topological polar surface area (TPSA) is 36.5 Å². The average Bonchev–Trinajstić information content (AvgIpc) is 2.04. The van der Waals surface area contributed by atoms with Gasteiger partial charge < -0.3 is 4.74 Å². The van der Waals surface area contributed by atoms with Gasteiger partial charge in [-0.25, -0.2) is 0 Å². The summed E-state index contributed by atoms with van der Waals surface area (Å²) < 4.78 is 5.30. The summed E-state index contributed by atoms with van der Waals surface area (Å²) in [4.78, 5) is 2.42. The van der Waals surface area contributed by atoms with Crippen LogP contribution in [-0.4, -0.2) is 50.3 Å². The summed E-state index contributed by atoms with van der Waals surface area (Å²) in [5, 5.41) is 0. The van der Waals surface area contributed by atoms with Crippen LogP contribution in [0.3, 0.4) is 0 Å². The minimum Gasteiger partial charge on any atom is -0.379 e. The van der Waals surface area contributed by atoms with E-state index in [0.29, 0.717) is 0 Å². The minimum absolute atomic E-state index is 0.117. The highest BCUT2D eigenvalue weighted by Gasteiger charge is 2.21. The van der Waals surface area contributed by atoms with Crippen LogP contribution >= 0.6 is 0 Å². The van der Waals surface area contributed by atoms with Crippen molar-refractivity contribution >= 4 is 0 Å². The molecule has 4 nitrogen and oxygen atoms in total. The van der Waals surface area contributed by atoms with Crippen LogP contribution in [0.2, 0.25) is 0 Å². The molecule has 0 bridgehead atoms. The Balaban J connectivity index is 2.28. The molecule has 0 spiro atoms. The number of morpholine rings is 1. The van der Waals surface area contributed by atoms with E-state index in [0.717, 1.165) is 32.8 Å². The first-order valence-electron chi connectivity index (χ1n) is 4.88. The van der Waals surface area contributed by atoms with E-state index in [2.05, 4.69) is 29.6 Å². The standard InChI is InChI=1S/C9H21N3O/c1-9(2,11-10-3)8-12-4-6-13-7-5-12/h10-11H,4-8H2,1-3H3. The SMILES string of the molecule is CNNC(C)(C)CN1CCOCC1. The Morgan fingerprint density at radius 1 is 1.31 bits per heavy atom. The Kier molecular flexibility index (Phi) is 4.12. The molecule has 0 aromatic rings. The van der Waals surface area contributed by atoms with E-state index >= 15 is 0 Å². The molecule has 13 heavy (non-hydrogen) atoms. The first-order chi connectivity index (χ1) is 6.14. The van der Waals surface area contributed by atoms with Crippen molar-refractivity contribution in [1.29, 1.82) is 0 Å². The molecule has 0 aromatic heterocycles. The lowest BCUT2D eigenvalue weighted by Crippen LogP contribution is -2.55. The Hall–Kier alpha value is -0.160. The Morgan fingerprint density at radius 3 is 2.46 bits per heavy atom.